The fraction of sp³-hybridized carbons (Fsp3) is 0.318. The molecule has 29 heavy (non-hydrogen) atoms. The van der Waals surface area contributed by atoms with Crippen molar-refractivity contribution in [3.8, 4) is 0 Å². The van der Waals surface area contributed by atoms with Crippen molar-refractivity contribution >= 4 is 29.0 Å². The van der Waals surface area contributed by atoms with Gasteiger partial charge in [-0.1, -0.05) is 18.2 Å². The monoisotopic (exact) mass is 394 g/mol. The minimum Gasteiger partial charge on any atom is -0.326 e. The van der Waals surface area contributed by atoms with Gasteiger partial charge in [0.25, 0.3) is 0 Å². The van der Waals surface area contributed by atoms with Gasteiger partial charge >= 0.3 is 0 Å². The van der Waals surface area contributed by atoms with Gasteiger partial charge in [-0.15, -0.1) is 0 Å². The lowest BCUT2D eigenvalue weighted by molar-refractivity contribution is -0.119. The number of benzene rings is 2. The molecule has 1 saturated heterocycles. The van der Waals surface area contributed by atoms with Crippen LogP contribution >= 0.6 is 0 Å². The molecule has 1 aliphatic rings. The van der Waals surface area contributed by atoms with Crippen molar-refractivity contribution in [3.05, 3.63) is 59.2 Å². The van der Waals surface area contributed by atoms with Gasteiger partial charge in [-0.05, 0) is 61.6 Å². The van der Waals surface area contributed by atoms with Crippen LogP contribution in [0.25, 0.3) is 0 Å². The predicted molar refractivity (Wildman–Crippen MR) is 113 cm³/mol. The second-order valence-electron chi connectivity index (χ2n) is 7.24. The molecule has 0 unspecified atom stereocenters. The third-order valence-electron chi connectivity index (χ3n) is 5.06. The first-order valence-corrected chi connectivity index (χ1v) is 9.77. The highest BCUT2D eigenvalue weighted by atomic mass is 16.5. The van der Waals surface area contributed by atoms with Crippen LogP contribution in [0.15, 0.2) is 42.5 Å². The minimum atomic E-state index is -0.105. The molecule has 1 fully saturated rings. The Morgan fingerprint density at radius 3 is 2.76 bits per heavy atom. The third-order valence-corrected chi connectivity index (χ3v) is 5.06. The number of aryl methyl sites for hydroxylation is 2. The van der Waals surface area contributed by atoms with Gasteiger partial charge in [-0.3, -0.25) is 25.7 Å². The van der Waals surface area contributed by atoms with Gasteiger partial charge in [0.15, 0.2) is 0 Å². The highest BCUT2D eigenvalue weighted by Gasteiger charge is 2.21. The molecule has 0 aromatic heterocycles. The number of amides is 2. The molecule has 3 rings (SSSR count). The molecule has 0 saturated carbocycles. The Morgan fingerprint density at radius 2 is 2.03 bits per heavy atom. The fourth-order valence-corrected chi connectivity index (χ4v) is 3.52. The van der Waals surface area contributed by atoms with Gasteiger partial charge in [0.1, 0.15) is 5.84 Å². The van der Waals surface area contributed by atoms with E-state index in [2.05, 4.69) is 5.32 Å². The minimum absolute atomic E-state index is 0.0842. The van der Waals surface area contributed by atoms with E-state index in [1.165, 1.54) is 0 Å². The number of hydrogen-bond acceptors (Lipinski definition) is 4. The molecule has 0 radical (unpaired) electrons. The second-order valence-corrected chi connectivity index (χ2v) is 7.24. The zero-order valence-corrected chi connectivity index (χ0v) is 16.5. The Kier molecular flexibility index (Phi) is 6.61. The molecule has 2 aromatic rings. The van der Waals surface area contributed by atoms with Crippen molar-refractivity contribution in [2.75, 3.05) is 16.8 Å². The predicted octanol–water partition coefficient (Wildman–Crippen LogP) is 3.39. The van der Waals surface area contributed by atoms with Crippen LogP contribution in [-0.4, -0.2) is 29.4 Å². The average molecular weight is 394 g/mol. The molecule has 0 atom stereocenters. The van der Waals surface area contributed by atoms with Crippen LogP contribution in [0.4, 0.5) is 11.4 Å². The number of amidine groups is 1. The summed E-state index contributed by atoms with van der Waals surface area (Å²) in [5.41, 5.74) is 5.87. The van der Waals surface area contributed by atoms with E-state index < -0.39 is 0 Å². The number of carbonyl (C=O) groups is 2. The lowest BCUT2D eigenvalue weighted by atomic mass is 10.1. The molecule has 0 aliphatic carbocycles. The normalized spacial score (nSPS) is 13.9. The number of hydroxylamine groups is 1. The quantitative estimate of drug-likeness (QED) is 0.342. The smallest absolute Gasteiger partial charge is 0.226 e. The molecule has 0 spiro atoms. The number of nitrogens with zero attached hydrogens (tertiary/aromatic N) is 1. The average Bonchev–Trinajstić information content (AvgIpc) is 2.73. The maximum atomic E-state index is 12.3. The SMILES string of the molecule is Cc1cc(NC(=O)CCc2cccc(C(=N)NO)c2)ccc1N1CCCCC1=O. The Labute approximate surface area is 170 Å². The molecule has 2 amide bonds. The summed E-state index contributed by atoms with van der Waals surface area (Å²) in [6, 6.07) is 12.8. The molecule has 7 heteroatoms. The molecule has 2 aromatic carbocycles. The van der Waals surface area contributed by atoms with Crippen LogP contribution in [0.1, 0.15) is 42.4 Å². The van der Waals surface area contributed by atoms with Gasteiger partial charge in [0.05, 0.1) is 0 Å². The molecular weight excluding hydrogens is 368 g/mol. The number of hydrogen-bond donors (Lipinski definition) is 4. The standard InChI is InChI=1S/C22H26N4O3/c1-15-13-18(9-10-19(15)26-12-3-2-7-21(26)28)24-20(27)11-8-16-5-4-6-17(14-16)22(23)25-29/h4-6,9-10,13-14,29H,2-3,7-8,11-12H2,1H3,(H2,23,25)(H,24,27). The lowest BCUT2D eigenvalue weighted by Gasteiger charge is -2.28. The van der Waals surface area contributed by atoms with E-state index in [0.717, 1.165) is 36.2 Å². The Morgan fingerprint density at radius 1 is 1.21 bits per heavy atom. The summed E-state index contributed by atoms with van der Waals surface area (Å²) in [4.78, 5) is 26.3. The van der Waals surface area contributed by atoms with E-state index in [0.29, 0.717) is 30.5 Å². The van der Waals surface area contributed by atoms with Crippen LogP contribution in [0.2, 0.25) is 0 Å². The highest BCUT2D eigenvalue weighted by Crippen LogP contribution is 2.27. The Bertz CT molecular complexity index is 926. The summed E-state index contributed by atoms with van der Waals surface area (Å²) in [6.45, 7) is 2.69. The molecule has 1 heterocycles. The Hall–Kier alpha value is -3.19. The third kappa shape index (κ3) is 5.20. The van der Waals surface area contributed by atoms with E-state index in [-0.39, 0.29) is 17.6 Å². The Balaban J connectivity index is 1.59. The van der Waals surface area contributed by atoms with E-state index in [4.69, 9.17) is 10.6 Å². The fourth-order valence-electron chi connectivity index (χ4n) is 3.52. The number of piperidine rings is 1. The number of nitrogens with one attached hydrogen (secondary N) is 3. The van der Waals surface area contributed by atoms with Crippen molar-refractivity contribution in [1.29, 1.82) is 5.41 Å². The molecular formula is C22H26N4O3. The first-order chi connectivity index (χ1) is 14.0. The van der Waals surface area contributed by atoms with Crippen molar-refractivity contribution < 1.29 is 14.8 Å². The molecule has 4 N–H and O–H groups in total. The first-order valence-electron chi connectivity index (χ1n) is 9.77. The molecule has 152 valence electrons. The van der Waals surface area contributed by atoms with Crippen LogP contribution in [0.5, 0.6) is 0 Å². The van der Waals surface area contributed by atoms with E-state index >= 15 is 0 Å². The number of rotatable bonds is 6. The van der Waals surface area contributed by atoms with Gasteiger partial charge in [0, 0.05) is 36.3 Å². The summed E-state index contributed by atoms with van der Waals surface area (Å²) >= 11 is 0. The maximum Gasteiger partial charge on any atom is 0.226 e. The van der Waals surface area contributed by atoms with Gasteiger partial charge in [-0.2, -0.15) is 0 Å². The number of anilines is 2. The van der Waals surface area contributed by atoms with Crippen molar-refractivity contribution in [2.45, 2.75) is 39.0 Å². The first kappa shape index (κ1) is 20.5. The van der Waals surface area contributed by atoms with Gasteiger partial charge in [0.2, 0.25) is 11.8 Å². The van der Waals surface area contributed by atoms with Gasteiger partial charge in [-0.25, -0.2) is 0 Å². The second kappa shape index (κ2) is 9.34. The van der Waals surface area contributed by atoms with Crippen molar-refractivity contribution in [1.82, 2.24) is 5.48 Å². The van der Waals surface area contributed by atoms with Crippen molar-refractivity contribution in [2.24, 2.45) is 0 Å². The van der Waals surface area contributed by atoms with E-state index in [1.807, 2.05) is 41.6 Å². The van der Waals surface area contributed by atoms with Crippen LogP contribution in [0.3, 0.4) is 0 Å². The maximum absolute atomic E-state index is 12.3. The van der Waals surface area contributed by atoms with E-state index in [1.54, 1.807) is 18.2 Å². The van der Waals surface area contributed by atoms with Crippen LogP contribution < -0.4 is 15.7 Å². The zero-order valence-electron chi connectivity index (χ0n) is 16.5. The molecule has 7 nitrogen and oxygen atoms in total. The summed E-state index contributed by atoms with van der Waals surface area (Å²) in [7, 11) is 0. The summed E-state index contributed by atoms with van der Waals surface area (Å²) in [6.07, 6.45) is 3.38. The molecule has 0 bridgehead atoms. The number of carbonyl (C=O) groups excluding carboxylic acids is 2. The van der Waals surface area contributed by atoms with Crippen molar-refractivity contribution in [3.63, 3.8) is 0 Å². The topological polar surface area (TPSA) is 106 Å². The largest absolute Gasteiger partial charge is 0.326 e. The molecule has 1 aliphatic heterocycles. The zero-order chi connectivity index (χ0) is 20.8. The van der Waals surface area contributed by atoms with E-state index in [9.17, 15) is 9.59 Å². The summed E-state index contributed by atoms with van der Waals surface area (Å²) < 4.78 is 0. The van der Waals surface area contributed by atoms with Crippen LogP contribution in [0, 0.1) is 12.3 Å². The lowest BCUT2D eigenvalue weighted by Crippen LogP contribution is -2.35. The summed E-state index contributed by atoms with van der Waals surface area (Å²) in [5, 5.41) is 19.3. The van der Waals surface area contributed by atoms with Crippen LogP contribution in [-0.2, 0) is 16.0 Å². The highest BCUT2D eigenvalue weighted by molar-refractivity contribution is 5.96. The van der Waals surface area contributed by atoms with Gasteiger partial charge < -0.3 is 10.2 Å². The summed E-state index contributed by atoms with van der Waals surface area (Å²) in [5.74, 6) is -0.0335.